The molecule has 3 aromatic rings. The molecule has 3 heterocycles. The van der Waals surface area contributed by atoms with Crippen LogP contribution in [0.25, 0.3) is 16.8 Å². The van der Waals surface area contributed by atoms with E-state index in [1.54, 1.807) is 43.3 Å². The van der Waals surface area contributed by atoms with Gasteiger partial charge in [-0.25, -0.2) is 4.79 Å². The number of allylic oxidation sites excluding steroid dienone is 2. The molecule has 0 aliphatic rings. The van der Waals surface area contributed by atoms with Crippen molar-refractivity contribution in [2.45, 2.75) is 27.3 Å². The van der Waals surface area contributed by atoms with Gasteiger partial charge in [-0.05, 0) is 44.0 Å². The molecule has 0 saturated heterocycles. The zero-order valence-electron chi connectivity index (χ0n) is 17.3. The second kappa shape index (κ2) is 9.56. The lowest BCUT2D eigenvalue weighted by molar-refractivity contribution is 0.239. The lowest BCUT2D eigenvalue weighted by Crippen LogP contribution is -2.28. The molecule has 0 unspecified atom stereocenters. The first-order valence-corrected chi connectivity index (χ1v) is 9.54. The Morgan fingerprint density at radius 1 is 1.27 bits per heavy atom. The van der Waals surface area contributed by atoms with Crippen LogP contribution in [0, 0.1) is 13.8 Å². The minimum atomic E-state index is -0.324. The monoisotopic (exact) mass is 400 g/mol. The first kappa shape index (κ1) is 20.9. The predicted octanol–water partition coefficient (Wildman–Crippen LogP) is 4.33. The number of pyridine rings is 2. The number of hydrogen-bond donors (Lipinski definition) is 1. The zero-order chi connectivity index (χ0) is 21.5. The van der Waals surface area contributed by atoms with E-state index in [4.69, 9.17) is 0 Å². The number of carbonyl (C=O) groups excluding carboxylic acids is 1. The molecule has 0 radical (unpaired) electrons. The summed E-state index contributed by atoms with van der Waals surface area (Å²) < 4.78 is 1.26. The lowest BCUT2D eigenvalue weighted by atomic mass is 10.1. The number of aliphatic imine (C=N–C) groups is 1. The molecule has 152 valence electrons. The highest BCUT2D eigenvalue weighted by atomic mass is 16.2. The van der Waals surface area contributed by atoms with Crippen molar-refractivity contribution < 1.29 is 4.79 Å². The van der Waals surface area contributed by atoms with E-state index in [2.05, 4.69) is 32.0 Å². The van der Waals surface area contributed by atoms with Gasteiger partial charge in [-0.3, -0.25) is 15.0 Å². The van der Waals surface area contributed by atoms with E-state index in [1.807, 2.05) is 39.0 Å². The van der Waals surface area contributed by atoms with Crippen molar-refractivity contribution in [2.75, 3.05) is 0 Å². The fraction of sp³-hybridized carbons (Fsp3) is 0.174. The van der Waals surface area contributed by atoms with Gasteiger partial charge in [0.25, 0.3) is 0 Å². The normalized spacial score (nSPS) is 11.6. The molecule has 0 bridgehead atoms. The van der Waals surface area contributed by atoms with Crippen molar-refractivity contribution in [3.63, 3.8) is 0 Å². The van der Waals surface area contributed by atoms with E-state index in [1.165, 1.54) is 4.68 Å². The van der Waals surface area contributed by atoms with Crippen LogP contribution in [-0.4, -0.2) is 32.0 Å². The summed E-state index contributed by atoms with van der Waals surface area (Å²) in [5.74, 6) is 0. The Kier molecular flexibility index (Phi) is 6.64. The van der Waals surface area contributed by atoms with Crippen LogP contribution < -0.4 is 5.32 Å². The Hall–Kier alpha value is -3.87. The van der Waals surface area contributed by atoms with Crippen LogP contribution in [0.1, 0.15) is 29.3 Å². The van der Waals surface area contributed by atoms with E-state index < -0.39 is 0 Å². The Morgan fingerprint density at radius 2 is 2.10 bits per heavy atom. The summed E-state index contributed by atoms with van der Waals surface area (Å²) in [5, 5.41) is 6.99. The van der Waals surface area contributed by atoms with Gasteiger partial charge in [0, 0.05) is 59.9 Å². The van der Waals surface area contributed by atoms with Crippen LogP contribution in [0.2, 0.25) is 0 Å². The number of hydrogen-bond acceptors (Lipinski definition) is 5. The summed E-state index contributed by atoms with van der Waals surface area (Å²) in [6, 6.07) is 5.64. The summed E-state index contributed by atoms with van der Waals surface area (Å²) in [6.45, 7) is 9.91. The summed E-state index contributed by atoms with van der Waals surface area (Å²) in [4.78, 5) is 25.3. The molecule has 7 nitrogen and oxygen atoms in total. The molecule has 0 spiro atoms. The molecule has 30 heavy (non-hydrogen) atoms. The van der Waals surface area contributed by atoms with Crippen molar-refractivity contribution in [1.82, 2.24) is 25.1 Å². The SMILES string of the molecule is C=C/C(=C\N=C/C)c1cnn(C(=O)NCc2cnc(-c3ccnc(C)c3)c(C)c2)c1. The van der Waals surface area contributed by atoms with Gasteiger partial charge in [-0.15, -0.1) is 0 Å². The molecule has 1 N–H and O–H groups in total. The third-order valence-corrected chi connectivity index (χ3v) is 4.46. The maximum absolute atomic E-state index is 12.5. The van der Waals surface area contributed by atoms with Gasteiger partial charge >= 0.3 is 6.03 Å². The number of carbonyl (C=O) groups is 1. The molecule has 0 aromatic carbocycles. The molecule has 0 fully saturated rings. The number of nitrogens with one attached hydrogen (secondary N) is 1. The highest BCUT2D eigenvalue weighted by molar-refractivity contribution is 5.79. The summed E-state index contributed by atoms with van der Waals surface area (Å²) in [7, 11) is 0. The number of aryl methyl sites for hydroxylation is 2. The van der Waals surface area contributed by atoms with Crippen molar-refractivity contribution in [3.05, 3.63) is 84.2 Å². The van der Waals surface area contributed by atoms with Crippen molar-refractivity contribution in [2.24, 2.45) is 4.99 Å². The van der Waals surface area contributed by atoms with Crippen molar-refractivity contribution >= 4 is 17.8 Å². The van der Waals surface area contributed by atoms with Crippen LogP contribution in [-0.2, 0) is 6.54 Å². The minimum Gasteiger partial charge on any atom is -0.332 e. The Bertz CT molecular complexity index is 1130. The predicted molar refractivity (Wildman–Crippen MR) is 119 cm³/mol. The number of amides is 1. The molecule has 7 heteroatoms. The number of aromatic nitrogens is 4. The first-order valence-electron chi connectivity index (χ1n) is 9.54. The van der Waals surface area contributed by atoms with Crippen LogP contribution in [0.4, 0.5) is 4.79 Å². The Morgan fingerprint density at radius 3 is 2.80 bits per heavy atom. The van der Waals surface area contributed by atoms with Crippen LogP contribution in [0.15, 0.2) is 66.8 Å². The molecule has 0 aliphatic carbocycles. The molecule has 3 aromatic heterocycles. The van der Waals surface area contributed by atoms with Gasteiger partial charge < -0.3 is 5.32 Å². The smallest absolute Gasteiger partial charge is 0.332 e. The summed E-state index contributed by atoms with van der Waals surface area (Å²) in [6.07, 6.45) is 11.8. The molecule has 1 amide bonds. The van der Waals surface area contributed by atoms with E-state index in [0.29, 0.717) is 6.54 Å². The van der Waals surface area contributed by atoms with E-state index in [9.17, 15) is 4.79 Å². The molecule has 0 saturated carbocycles. The second-order valence-electron chi connectivity index (χ2n) is 6.72. The molecule has 0 aliphatic heterocycles. The quantitative estimate of drug-likeness (QED) is 0.493. The van der Waals surface area contributed by atoms with Crippen LogP contribution in [0.3, 0.4) is 0 Å². The van der Waals surface area contributed by atoms with Gasteiger partial charge in [0.1, 0.15) is 0 Å². The number of nitrogens with zero attached hydrogens (tertiary/aromatic N) is 5. The maximum Gasteiger partial charge on any atom is 0.342 e. The Balaban J connectivity index is 1.68. The third-order valence-electron chi connectivity index (χ3n) is 4.46. The van der Waals surface area contributed by atoms with E-state index in [0.717, 1.165) is 39.2 Å². The summed E-state index contributed by atoms with van der Waals surface area (Å²) >= 11 is 0. The minimum absolute atomic E-state index is 0.324. The van der Waals surface area contributed by atoms with Crippen LogP contribution >= 0.6 is 0 Å². The van der Waals surface area contributed by atoms with Crippen molar-refractivity contribution in [3.8, 4) is 11.3 Å². The standard InChI is InChI=1S/C23H24N6O/c1-5-19(13-24-6-2)21-14-28-29(15-21)23(30)27-12-18-9-16(3)22(26-11-18)20-7-8-25-17(4)10-20/h5-11,13-15H,1,12H2,2-4H3,(H,27,30)/b19-13+,24-6-. The third kappa shape index (κ3) is 4.94. The topological polar surface area (TPSA) is 85.1 Å². The zero-order valence-corrected chi connectivity index (χ0v) is 17.3. The highest BCUT2D eigenvalue weighted by Crippen LogP contribution is 2.21. The largest absolute Gasteiger partial charge is 0.342 e. The van der Waals surface area contributed by atoms with Crippen molar-refractivity contribution in [1.29, 1.82) is 0 Å². The second-order valence-corrected chi connectivity index (χ2v) is 6.72. The summed E-state index contributed by atoms with van der Waals surface area (Å²) in [5.41, 5.74) is 6.37. The molecular formula is C23H24N6O. The first-order chi connectivity index (χ1) is 14.5. The van der Waals surface area contributed by atoms with Crippen LogP contribution in [0.5, 0.6) is 0 Å². The number of rotatable bonds is 6. The van der Waals surface area contributed by atoms with Gasteiger partial charge in [0.15, 0.2) is 0 Å². The molecule has 0 atom stereocenters. The molecule has 3 rings (SSSR count). The highest BCUT2D eigenvalue weighted by Gasteiger charge is 2.10. The van der Waals surface area contributed by atoms with Gasteiger partial charge in [0.05, 0.1) is 11.9 Å². The van der Waals surface area contributed by atoms with E-state index in [-0.39, 0.29) is 6.03 Å². The van der Waals surface area contributed by atoms with E-state index >= 15 is 0 Å². The lowest BCUT2D eigenvalue weighted by Gasteiger charge is -2.09. The fourth-order valence-electron chi connectivity index (χ4n) is 2.97. The van der Waals surface area contributed by atoms with Gasteiger partial charge in [-0.1, -0.05) is 18.7 Å². The molecular weight excluding hydrogens is 376 g/mol. The fourth-order valence-corrected chi connectivity index (χ4v) is 2.97. The maximum atomic E-state index is 12.5. The average molecular weight is 400 g/mol. The van der Waals surface area contributed by atoms with Gasteiger partial charge in [0.2, 0.25) is 0 Å². The average Bonchev–Trinajstić information content (AvgIpc) is 3.23. The van der Waals surface area contributed by atoms with Gasteiger partial charge in [-0.2, -0.15) is 9.78 Å². The Labute approximate surface area is 175 Å².